The Balaban J connectivity index is 2.18. The summed E-state index contributed by atoms with van der Waals surface area (Å²) < 4.78 is 0. The fourth-order valence-corrected chi connectivity index (χ4v) is 2.30. The molecule has 1 heterocycles. The van der Waals surface area contributed by atoms with Gasteiger partial charge in [-0.2, -0.15) is 5.10 Å². The number of hydrogen-bond acceptors (Lipinski definition) is 2. The zero-order valence-electron chi connectivity index (χ0n) is 11.7. The minimum absolute atomic E-state index is 0.0256. The first-order valence-electron chi connectivity index (χ1n) is 6.38. The first-order valence-corrected chi connectivity index (χ1v) is 6.38. The predicted octanol–water partition coefficient (Wildman–Crippen LogP) is 2.83. The monoisotopic (exact) mass is 257 g/mol. The number of nitrogens with one attached hydrogen (secondary N) is 2. The summed E-state index contributed by atoms with van der Waals surface area (Å²) in [6.45, 7) is 7.72. The van der Waals surface area contributed by atoms with Gasteiger partial charge in [-0.05, 0) is 38.8 Å². The lowest BCUT2D eigenvalue weighted by Crippen LogP contribution is -2.27. The Hall–Kier alpha value is -2.10. The Morgan fingerprint density at radius 2 is 1.95 bits per heavy atom. The number of amides is 1. The summed E-state index contributed by atoms with van der Waals surface area (Å²) in [4.78, 5) is 12.3. The highest BCUT2D eigenvalue weighted by molar-refractivity contribution is 5.96. The SMILES string of the molecule is Cc1ccccc1C(C)NC(=O)c1c(C)n[nH]c1C. The predicted molar refractivity (Wildman–Crippen MR) is 75.1 cm³/mol. The Bertz CT molecular complexity index is 582. The molecule has 19 heavy (non-hydrogen) atoms. The van der Waals surface area contributed by atoms with E-state index in [4.69, 9.17) is 0 Å². The van der Waals surface area contributed by atoms with Gasteiger partial charge in [-0.25, -0.2) is 0 Å². The number of hydrogen-bond donors (Lipinski definition) is 2. The van der Waals surface area contributed by atoms with Gasteiger partial charge in [-0.3, -0.25) is 9.89 Å². The zero-order valence-corrected chi connectivity index (χ0v) is 11.7. The highest BCUT2D eigenvalue weighted by Crippen LogP contribution is 2.18. The van der Waals surface area contributed by atoms with Gasteiger partial charge < -0.3 is 5.32 Å². The van der Waals surface area contributed by atoms with Crippen molar-refractivity contribution < 1.29 is 4.79 Å². The molecular weight excluding hydrogens is 238 g/mol. The molecule has 0 saturated carbocycles. The number of H-pyrrole nitrogens is 1. The van der Waals surface area contributed by atoms with Crippen molar-refractivity contribution in [1.29, 1.82) is 0 Å². The van der Waals surface area contributed by atoms with E-state index in [1.807, 2.05) is 52.0 Å². The molecule has 0 aliphatic carbocycles. The third-order valence-corrected chi connectivity index (χ3v) is 3.36. The fourth-order valence-electron chi connectivity index (χ4n) is 2.30. The second-order valence-corrected chi connectivity index (χ2v) is 4.86. The van der Waals surface area contributed by atoms with Crippen molar-refractivity contribution in [3.05, 3.63) is 52.3 Å². The van der Waals surface area contributed by atoms with Crippen molar-refractivity contribution in [2.45, 2.75) is 33.7 Å². The summed E-state index contributed by atoms with van der Waals surface area (Å²) in [7, 11) is 0. The van der Waals surface area contributed by atoms with Crippen LogP contribution < -0.4 is 5.32 Å². The van der Waals surface area contributed by atoms with E-state index in [9.17, 15) is 4.79 Å². The lowest BCUT2D eigenvalue weighted by molar-refractivity contribution is 0.0938. The lowest BCUT2D eigenvalue weighted by Gasteiger charge is -2.16. The number of carbonyl (C=O) groups is 1. The highest BCUT2D eigenvalue weighted by atomic mass is 16.1. The summed E-state index contributed by atoms with van der Waals surface area (Å²) in [5.74, 6) is -0.0838. The van der Waals surface area contributed by atoms with Crippen LogP contribution in [0.1, 0.15) is 45.8 Å². The van der Waals surface area contributed by atoms with Gasteiger partial charge in [0.1, 0.15) is 0 Å². The Labute approximate surface area is 113 Å². The number of carbonyl (C=O) groups excluding carboxylic acids is 1. The van der Waals surface area contributed by atoms with Crippen molar-refractivity contribution >= 4 is 5.91 Å². The van der Waals surface area contributed by atoms with E-state index in [1.54, 1.807) is 0 Å². The third kappa shape index (κ3) is 2.67. The van der Waals surface area contributed by atoms with Crippen LogP contribution in [0.2, 0.25) is 0 Å². The van der Waals surface area contributed by atoms with E-state index in [0.717, 1.165) is 17.0 Å². The largest absolute Gasteiger partial charge is 0.345 e. The van der Waals surface area contributed by atoms with Crippen LogP contribution in [0.3, 0.4) is 0 Å². The standard InChI is InChI=1S/C15H19N3O/c1-9-7-5-6-8-13(9)10(2)16-15(19)14-11(3)17-18-12(14)4/h5-8,10H,1-4H3,(H,16,19)(H,17,18). The minimum atomic E-state index is -0.0838. The van der Waals surface area contributed by atoms with Crippen LogP contribution in [0.5, 0.6) is 0 Å². The number of aromatic amines is 1. The molecule has 0 bridgehead atoms. The second-order valence-electron chi connectivity index (χ2n) is 4.86. The molecule has 2 N–H and O–H groups in total. The molecule has 1 amide bonds. The molecule has 2 rings (SSSR count). The van der Waals surface area contributed by atoms with Gasteiger partial charge in [-0.15, -0.1) is 0 Å². The first kappa shape index (κ1) is 13.3. The summed E-state index contributed by atoms with van der Waals surface area (Å²) >= 11 is 0. The van der Waals surface area contributed by atoms with Crippen molar-refractivity contribution in [3.8, 4) is 0 Å². The molecule has 4 heteroatoms. The van der Waals surface area contributed by atoms with Crippen molar-refractivity contribution in [1.82, 2.24) is 15.5 Å². The Kier molecular flexibility index (Phi) is 3.69. The molecule has 0 spiro atoms. The smallest absolute Gasteiger partial charge is 0.255 e. The van der Waals surface area contributed by atoms with Crippen LogP contribution in [-0.4, -0.2) is 16.1 Å². The van der Waals surface area contributed by atoms with Crippen LogP contribution in [0.4, 0.5) is 0 Å². The number of aryl methyl sites for hydroxylation is 3. The summed E-state index contributed by atoms with van der Waals surface area (Å²) in [6, 6.07) is 8.04. The van der Waals surface area contributed by atoms with Gasteiger partial charge >= 0.3 is 0 Å². The number of rotatable bonds is 3. The maximum absolute atomic E-state index is 12.3. The molecule has 1 atom stereocenters. The molecular formula is C15H19N3O. The van der Waals surface area contributed by atoms with Crippen LogP contribution in [0.25, 0.3) is 0 Å². The van der Waals surface area contributed by atoms with Gasteiger partial charge in [0.2, 0.25) is 0 Å². The molecule has 2 aromatic rings. The summed E-state index contributed by atoms with van der Waals surface area (Å²) in [5.41, 5.74) is 4.48. The molecule has 1 unspecified atom stereocenters. The molecule has 0 saturated heterocycles. The van der Waals surface area contributed by atoms with E-state index in [2.05, 4.69) is 15.5 Å². The summed E-state index contributed by atoms with van der Waals surface area (Å²) in [5, 5.41) is 9.90. The van der Waals surface area contributed by atoms with E-state index in [-0.39, 0.29) is 11.9 Å². The van der Waals surface area contributed by atoms with Gasteiger partial charge in [0.15, 0.2) is 0 Å². The average molecular weight is 257 g/mol. The van der Waals surface area contributed by atoms with Crippen molar-refractivity contribution in [3.63, 3.8) is 0 Å². The van der Waals surface area contributed by atoms with Gasteiger partial charge in [-0.1, -0.05) is 24.3 Å². The van der Waals surface area contributed by atoms with Gasteiger partial charge in [0.25, 0.3) is 5.91 Å². The van der Waals surface area contributed by atoms with Crippen molar-refractivity contribution in [2.75, 3.05) is 0 Å². The third-order valence-electron chi connectivity index (χ3n) is 3.36. The fraction of sp³-hybridized carbons (Fsp3) is 0.333. The normalized spacial score (nSPS) is 12.2. The van der Waals surface area contributed by atoms with Crippen LogP contribution in [0, 0.1) is 20.8 Å². The topological polar surface area (TPSA) is 57.8 Å². The molecule has 0 radical (unpaired) electrons. The van der Waals surface area contributed by atoms with Crippen LogP contribution in [-0.2, 0) is 0 Å². The van der Waals surface area contributed by atoms with Gasteiger partial charge in [0.05, 0.1) is 17.3 Å². The van der Waals surface area contributed by atoms with Gasteiger partial charge in [0, 0.05) is 5.69 Å². The average Bonchev–Trinajstić information content (AvgIpc) is 2.69. The summed E-state index contributed by atoms with van der Waals surface area (Å²) in [6.07, 6.45) is 0. The van der Waals surface area contributed by atoms with Crippen LogP contribution >= 0.6 is 0 Å². The maximum atomic E-state index is 12.3. The second kappa shape index (κ2) is 5.26. The number of aromatic nitrogens is 2. The van der Waals surface area contributed by atoms with E-state index in [1.165, 1.54) is 5.56 Å². The molecule has 0 aliphatic heterocycles. The van der Waals surface area contributed by atoms with E-state index >= 15 is 0 Å². The van der Waals surface area contributed by atoms with E-state index in [0.29, 0.717) is 5.56 Å². The highest BCUT2D eigenvalue weighted by Gasteiger charge is 2.18. The van der Waals surface area contributed by atoms with Crippen molar-refractivity contribution in [2.24, 2.45) is 0 Å². The van der Waals surface area contributed by atoms with E-state index < -0.39 is 0 Å². The minimum Gasteiger partial charge on any atom is -0.345 e. The molecule has 100 valence electrons. The number of nitrogens with zero attached hydrogens (tertiary/aromatic N) is 1. The molecule has 4 nitrogen and oxygen atoms in total. The molecule has 0 aliphatic rings. The number of benzene rings is 1. The molecule has 1 aromatic heterocycles. The molecule has 0 fully saturated rings. The lowest BCUT2D eigenvalue weighted by atomic mass is 10.0. The zero-order chi connectivity index (χ0) is 14.0. The van der Waals surface area contributed by atoms with Crippen LogP contribution in [0.15, 0.2) is 24.3 Å². The Morgan fingerprint density at radius 1 is 1.26 bits per heavy atom. The first-order chi connectivity index (χ1) is 9.00. The quantitative estimate of drug-likeness (QED) is 0.888. The molecule has 1 aromatic carbocycles. The Morgan fingerprint density at radius 3 is 2.53 bits per heavy atom. The maximum Gasteiger partial charge on any atom is 0.255 e.